The Hall–Kier alpha value is -4.64. The van der Waals surface area contributed by atoms with E-state index in [4.69, 9.17) is 9.47 Å². The molecule has 4 aliphatic rings. The molecule has 0 bridgehead atoms. The van der Waals surface area contributed by atoms with Gasteiger partial charge in [0.05, 0.1) is 11.4 Å². The summed E-state index contributed by atoms with van der Waals surface area (Å²) in [5, 5.41) is 0. The molecule has 0 saturated heterocycles. The molecule has 0 fully saturated rings. The average Bonchev–Trinajstić information content (AvgIpc) is 2.91. The maximum absolute atomic E-state index is 6.58. The van der Waals surface area contributed by atoms with Gasteiger partial charge in [-0.1, -0.05) is 42.5 Å². The Labute approximate surface area is 202 Å². The Morgan fingerprint density at radius 2 is 1.03 bits per heavy atom. The van der Waals surface area contributed by atoms with Crippen molar-refractivity contribution in [1.29, 1.82) is 0 Å². The largest absolute Gasteiger partial charge is 0.458 e. The summed E-state index contributed by atoms with van der Waals surface area (Å²) in [6.07, 6.45) is 0. The lowest BCUT2D eigenvalue weighted by Gasteiger charge is -2.47. The van der Waals surface area contributed by atoms with Crippen molar-refractivity contribution in [3.05, 3.63) is 103 Å². The number of benzene rings is 5. The molecule has 0 unspecified atom stereocenters. The van der Waals surface area contributed by atoms with Gasteiger partial charge in [-0.05, 0) is 77.1 Å². The number of nitrogens with zero attached hydrogens (tertiary/aromatic N) is 2. The van der Waals surface area contributed by atoms with E-state index in [1.807, 2.05) is 12.1 Å². The van der Waals surface area contributed by atoms with Gasteiger partial charge in [-0.15, -0.1) is 0 Å². The first-order valence-electron chi connectivity index (χ1n) is 11.9. The summed E-state index contributed by atoms with van der Waals surface area (Å²) < 4.78 is 13.1. The minimum atomic E-state index is 0.0798. The Morgan fingerprint density at radius 1 is 0.429 bits per heavy atom. The molecule has 162 valence electrons. The van der Waals surface area contributed by atoms with Crippen LogP contribution in [0.1, 0.15) is 0 Å². The van der Waals surface area contributed by atoms with E-state index < -0.39 is 0 Å². The lowest BCUT2D eigenvalue weighted by atomic mass is 9.32. The molecule has 9 rings (SSSR count). The number of rotatable bonds is 1. The predicted octanol–water partition coefficient (Wildman–Crippen LogP) is 5.98. The number of ether oxygens (including phenoxy) is 2. The van der Waals surface area contributed by atoms with Gasteiger partial charge in [0.2, 0.25) is 0 Å². The van der Waals surface area contributed by atoms with Crippen molar-refractivity contribution in [2.75, 3.05) is 9.80 Å². The van der Waals surface area contributed by atoms with E-state index in [1.165, 1.54) is 22.1 Å². The van der Waals surface area contributed by atoms with Crippen LogP contribution >= 0.6 is 0 Å². The molecule has 0 N–H and O–H groups in total. The van der Waals surface area contributed by atoms with Crippen molar-refractivity contribution in [1.82, 2.24) is 0 Å². The zero-order valence-corrected chi connectivity index (χ0v) is 18.6. The van der Waals surface area contributed by atoms with Crippen LogP contribution in [-0.2, 0) is 0 Å². The first-order valence-corrected chi connectivity index (χ1v) is 11.9. The molecule has 0 aliphatic carbocycles. The molecule has 4 heterocycles. The molecule has 5 heteroatoms. The predicted molar refractivity (Wildman–Crippen MR) is 141 cm³/mol. The van der Waals surface area contributed by atoms with Gasteiger partial charge in [0.1, 0.15) is 11.5 Å². The first-order chi connectivity index (χ1) is 17.4. The fourth-order valence-corrected chi connectivity index (χ4v) is 6.34. The minimum absolute atomic E-state index is 0.0798. The SMILES string of the molecule is c1ccc(N2c3cccc4c3B3c5c(cccc5N5c6ccccc6Oc6ccc2c3c65)O4)cc1. The zero-order chi connectivity index (χ0) is 22.7. The van der Waals surface area contributed by atoms with Gasteiger partial charge in [0.25, 0.3) is 6.71 Å². The number of hydrogen-bond acceptors (Lipinski definition) is 4. The molecule has 0 saturated carbocycles. The number of anilines is 6. The molecule has 0 aromatic heterocycles. The van der Waals surface area contributed by atoms with Crippen molar-refractivity contribution in [3.8, 4) is 23.0 Å². The molecule has 5 aromatic carbocycles. The summed E-state index contributed by atoms with van der Waals surface area (Å²) in [5.41, 5.74) is 10.5. The van der Waals surface area contributed by atoms with E-state index >= 15 is 0 Å². The first kappa shape index (κ1) is 17.8. The quantitative estimate of drug-likeness (QED) is 0.289. The van der Waals surface area contributed by atoms with Crippen LogP contribution in [-0.4, -0.2) is 6.71 Å². The summed E-state index contributed by atoms with van der Waals surface area (Å²) in [6.45, 7) is 0.0798. The van der Waals surface area contributed by atoms with Gasteiger partial charge >= 0.3 is 0 Å². The summed E-state index contributed by atoms with van der Waals surface area (Å²) in [7, 11) is 0. The Bertz CT molecular complexity index is 1720. The van der Waals surface area contributed by atoms with E-state index in [2.05, 4.69) is 101 Å². The standard InChI is InChI=1S/C30H17BN2O2/c1-2-8-18(9-3-1)32-20-11-6-14-24-27(20)31-28-21(12-7-15-25(28)35-24)33-19-10-4-5-13-23(19)34-26-17-16-22(32)29(31)30(26)33/h1-17H. The lowest BCUT2D eigenvalue weighted by molar-refractivity contribution is 0.476. The highest BCUT2D eigenvalue weighted by Crippen LogP contribution is 2.55. The number of hydrogen-bond donors (Lipinski definition) is 0. The zero-order valence-electron chi connectivity index (χ0n) is 18.6. The summed E-state index contributed by atoms with van der Waals surface area (Å²) in [4.78, 5) is 4.74. The second-order valence-corrected chi connectivity index (χ2v) is 9.33. The highest BCUT2D eigenvalue weighted by atomic mass is 16.5. The second-order valence-electron chi connectivity index (χ2n) is 9.33. The highest BCUT2D eigenvalue weighted by Gasteiger charge is 2.50. The summed E-state index contributed by atoms with van der Waals surface area (Å²) >= 11 is 0. The molecule has 4 aliphatic heterocycles. The van der Waals surface area contributed by atoms with Crippen LogP contribution in [0, 0.1) is 0 Å². The Morgan fingerprint density at radius 3 is 1.83 bits per heavy atom. The molecule has 0 atom stereocenters. The van der Waals surface area contributed by atoms with E-state index in [0.29, 0.717) is 0 Å². The smallest absolute Gasteiger partial charge is 0.262 e. The molecule has 0 radical (unpaired) electrons. The van der Waals surface area contributed by atoms with Gasteiger partial charge < -0.3 is 19.3 Å². The van der Waals surface area contributed by atoms with Crippen molar-refractivity contribution < 1.29 is 9.47 Å². The van der Waals surface area contributed by atoms with Crippen LogP contribution in [0.4, 0.5) is 34.1 Å². The third kappa shape index (κ3) is 2.06. The topological polar surface area (TPSA) is 24.9 Å². The molecular weight excluding hydrogens is 431 g/mol. The lowest BCUT2D eigenvalue weighted by Crippen LogP contribution is -2.63. The minimum Gasteiger partial charge on any atom is -0.458 e. The second kappa shape index (κ2) is 6.07. The monoisotopic (exact) mass is 448 g/mol. The normalized spacial score (nSPS) is 14.6. The van der Waals surface area contributed by atoms with Gasteiger partial charge in [-0.25, -0.2) is 0 Å². The van der Waals surface area contributed by atoms with Crippen LogP contribution in [0.15, 0.2) is 103 Å². The fourth-order valence-electron chi connectivity index (χ4n) is 6.34. The van der Waals surface area contributed by atoms with Crippen LogP contribution < -0.4 is 35.7 Å². The highest BCUT2D eigenvalue weighted by molar-refractivity contribution is 7.01. The molecule has 4 nitrogen and oxygen atoms in total. The maximum Gasteiger partial charge on any atom is 0.262 e. The van der Waals surface area contributed by atoms with E-state index in [9.17, 15) is 0 Å². The van der Waals surface area contributed by atoms with Crippen molar-refractivity contribution in [2.24, 2.45) is 0 Å². The van der Waals surface area contributed by atoms with E-state index in [0.717, 1.165) is 51.4 Å². The van der Waals surface area contributed by atoms with Crippen molar-refractivity contribution >= 4 is 57.2 Å². The van der Waals surface area contributed by atoms with Crippen molar-refractivity contribution in [2.45, 2.75) is 0 Å². The van der Waals surface area contributed by atoms with Crippen LogP contribution in [0.3, 0.4) is 0 Å². The Kier molecular flexibility index (Phi) is 3.09. The summed E-state index contributed by atoms with van der Waals surface area (Å²) in [6, 6.07) is 36.0. The van der Waals surface area contributed by atoms with E-state index in [-0.39, 0.29) is 6.71 Å². The van der Waals surface area contributed by atoms with Gasteiger partial charge in [0.15, 0.2) is 11.5 Å². The molecule has 5 aromatic rings. The molecule has 0 spiro atoms. The van der Waals surface area contributed by atoms with Crippen LogP contribution in [0.25, 0.3) is 0 Å². The number of para-hydroxylation sites is 3. The van der Waals surface area contributed by atoms with Gasteiger partial charge in [-0.3, -0.25) is 0 Å². The van der Waals surface area contributed by atoms with E-state index in [1.54, 1.807) is 0 Å². The van der Waals surface area contributed by atoms with Gasteiger partial charge in [-0.2, -0.15) is 0 Å². The number of fused-ring (bicyclic) bond motifs is 3. The van der Waals surface area contributed by atoms with Crippen LogP contribution in [0.5, 0.6) is 23.0 Å². The Balaban J connectivity index is 1.46. The molecular formula is C30H17BN2O2. The third-order valence-corrected chi connectivity index (χ3v) is 7.62. The average molecular weight is 448 g/mol. The van der Waals surface area contributed by atoms with Gasteiger partial charge in [0, 0.05) is 22.7 Å². The van der Waals surface area contributed by atoms with Crippen LogP contribution in [0.2, 0.25) is 0 Å². The summed E-state index contributed by atoms with van der Waals surface area (Å²) in [5.74, 6) is 3.60. The van der Waals surface area contributed by atoms with Crippen molar-refractivity contribution in [3.63, 3.8) is 0 Å². The maximum atomic E-state index is 6.58. The fraction of sp³-hybridized carbons (Fsp3) is 0. The molecule has 35 heavy (non-hydrogen) atoms. The molecule has 0 amide bonds. The third-order valence-electron chi connectivity index (χ3n) is 7.62.